The first-order valence-electron chi connectivity index (χ1n) is 5.46. The summed E-state index contributed by atoms with van der Waals surface area (Å²) in [5, 5.41) is 2.06. The summed E-state index contributed by atoms with van der Waals surface area (Å²) in [5.74, 6) is 0. The van der Waals surface area contributed by atoms with E-state index in [2.05, 4.69) is 20.2 Å². The van der Waals surface area contributed by atoms with Gasteiger partial charge < -0.3 is 10.6 Å². The summed E-state index contributed by atoms with van der Waals surface area (Å²) in [5.41, 5.74) is 10.7. The lowest BCUT2D eigenvalue weighted by atomic mass is 10.2. The normalized spacial score (nSPS) is 12.4. The molecule has 90 valence electrons. The predicted octanol–water partition coefficient (Wildman–Crippen LogP) is 2.19. The van der Waals surface area contributed by atoms with E-state index in [1.807, 2.05) is 37.8 Å². The van der Waals surface area contributed by atoms with Crippen LogP contribution in [0.5, 0.6) is 0 Å². The number of thiazole rings is 1. The summed E-state index contributed by atoms with van der Waals surface area (Å²) in [4.78, 5) is 10.7. The van der Waals surface area contributed by atoms with E-state index < -0.39 is 0 Å². The molecular weight excluding hydrogens is 232 g/mol. The Hall–Kier alpha value is -1.46. The number of aromatic nitrogens is 2. The van der Waals surface area contributed by atoms with Crippen molar-refractivity contribution in [3.63, 3.8) is 0 Å². The molecule has 0 saturated heterocycles. The summed E-state index contributed by atoms with van der Waals surface area (Å²) >= 11 is 1.61. The molecule has 2 aromatic heterocycles. The zero-order valence-corrected chi connectivity index (χ0v) is 10.8. The highest BCUT2D eigenvalue weighted by Crippen LogP contribution is 2.16. The first kappa shape index (κ1) is 12.0. The summed E-state index contributed by atoms with van der Waals surface area (Å²) in [7, 11) is 2.03. The Balaban J connectivity index is 2.06. The Morgan fingerprint density at radius 2 is 2.24 bits per heavy atom. The van der Waals surface area contributed by atoms with Crippen LogP contribution in [0.1, 0.15) is 24.4 Å². The van der Waals surface area contributed by atoms with Crippen molar-refractivity contribution < 1.29 is 0 Å². The van der Waals surface area contributed by atoms with Crippen LogP contribution in [0.2, 0.25) is 0 Å². The Morgan fingerprint density at radius 3 is 2.76 bits per heavy atom. The van der Waals surface area contributed by atoms with Gasteiger partial charge in [-0.3, -0.25) is 4.98 Å². The number of nitrogens with zero attached hydrogens (tertiary/aromatic N) is 3. The van der Waals surface area contributed by atoms with Gasteiger partial charge >= 0.3 is 0 Å². The van der Waals surface area contributed by atoms with Gasteiger partial charge in [-0.1, -0.05) is 0 Å². The quantitative estimate of drug-likeness (QED) is 0.901. The molecule has 0 aliphatic heterocycles. The molecule has 0 aliphatic rings. The summed E-state index contributed by atoms with van der Waals surface area (Å²) in [6.07, 6.45) is 1.85. The van der Waals surface area contributed by atoms with E-state index in [4.69, 9.17) is 5.73 Å². The standard InChI is InChI=1S/C12H16N4S/c1-9(13)12-4-3-11(5-14-12)16(2)6-10-7-17-8-15-10/h3-5,7-9H,6,13H2,1-2H3. The lowest BCUT2D eigenvalue weighted by Gasteiger charge is -2.18. The van der Waals surface area contributed by atoms with E-state index in [9.17, 15) is 0 Å². The van der Waals surface area contributed by atoms with Crippen LogP contribution < -0.4 is 10.6 Å². The minimum atomic E-state index is -0.0205. The number of hydrogen-bond acceptors (Lipinski definition) is 5. The van der Waals surface area contributed by atoms with Crippen molar-refractivity contribution >= 4 is 17.0 Å². The SMILES string of the molecule is CC(N)c1ccc(N(C)Cc2cscn2)cn1. The van der Waals surface area contributed by atoms with Crippen molar-refractivity contribution in [3.05, 3.63) is 40.6 Å². The fourth-order valence-electron chi connectivity index (χ4n) is 1.54. The third-order valence-electron chi connectivity index (χ3n) is 2.56. The second-order valence-electron chi connectivity index (χ2n) is 4.07. The number of nitrogens with two attached hydrogens (primary N) is 1. The monoisotopic (exact) mass is 248 g/mol. The number of pyridine rings is 1. The van der Waals surface area contributed by atoms with Crippen LogP contribution in [-0.2, 0) is 6.54 Å². The minimum Gasteiger partial charge on any atom is -0.367 e. The molecule has 0 aliphatic carbocycles. The second kappa shape index (κ2) is 5.25. The zero-order valence-electron chi connectivity index (χ0n) is 10.00. The van der Waals surface area contributed by atoms with Crippen LogP contribution >= 0.6 is 11.3 Å². The third kappa shape index (κ3) is 3.01. The van der Waals surface area contributed by atoms with Gasteiger partial charge in [-0.25, -0.2) is 4.98 Å². The average Bonchev–Trinajstić information content (AvgIpc) is 2.82. The van der Waals surface area contributed by atoms with Crippen LogP contribution in [0.15, 0.2) is 29.2 Å². The van der Waals surface area contributed by atoms with Crippen molar-refractivity contribution in [1.82, 2.24) is 9.97 Å². The van der Waals surface area contributed by atoms with E-state index in [0.717, 1.165) is 23.6 Å². The van der Waals surface area contributed by atoms with Crippen molar-refractivity contribution in [3.8, 4) is 0 Å². The molecule has 2 heterocycles. The first-order chi connectivity index (χ1) is 8.16. The van der Waals surface area contributed by atoms with Crippen molar-refractivity contribution in [2.45, 2.75) is 19.5 Å². The molecule has 2 N–H and O–H groups in total. The molecular formula is C12H16N4S. The van der Waals surface area contributed by atoms with Gasteiger partial charge in [-0.05, 0) is 19.1 Å². The largest absolute Gasteiger partial charge is 0.367 e. The van der Waals surface area contributed by atoms with Gasteiger partial charge in [0, 0.05) is 18.5 Å². The van der Waals surface area contributed by atoms with Crippen LogP contribution in [0.3, 0.4) is 0 Å². The van der Waals surface area contributed by atoms with Crippen molar-refractivity contribution in [2.75, 3.05) is 11.9 Å². The van der Waals surface area contributed by atoms with Crippen LogP contribution in [0.4, 0.5) is 5.69 Å². The van der Waals surface area contributed by atoms with Gasteiger partial charge in [0.1, 0.15) is 0 Å². The molecule has 0 radical (unpaired) electrons. The molecule has 4 nitrogen and oxygen atoms in total. The fraction of sp³-hybridized carbons (Fsp3) is 0.333. The van der Waals surface area contributed by atoms with Crippen LogP contribution in [0.25, 0.3) is 0 Å². The predicted molar refractivity (Wildman–Crippen MR) is 71.1 cm³/mol. The third-order valence-corrected chi connectivity index (χ3v) is 3.20. The Bertz CT molecular complexity index is 450. The molecule has 2 aromatic rings. The summed E-state index contributed by atoms with van der Waals surface area (Å²) < 4.78 is 0. The van der Waals surface area contributed by atoms with Crippen LogP contribution in [-0.4, -0.2) is 17.0 Å². The maximum absolute atomic E-state index is 5.76. The van der Waals surface area contributed by atoms with E-state index >= 15 is 0 Å². The van der Waals surface area contributed by atoms with Crippen molar-refractivity contribution in [2.24, 2.45) is 5.73 Å². The lowest BCUT2D eigenvalue weighted by molar-refractivity contribution is 0.778. The average molecular weight is 248 g/mol. The molecule has 5 heteroatoms. The van der Waals surface area contributed by atoms with Gasteiger partial charge in [-0.2, -0.15) is 0 Å². The van der Waals surface area contributed by atoms with Crippen molar-refractivity contribution in [1.29, 1.82) is 0 Å². The fourth-order valence-corrected chi connectivity index (χ4v) is 2.09. The molecule has 0 aromatic carbocycles. The maximum atomic E-state index is 5.76. The van der Waals surface area contributed by atoms with Crippen LogP contribution in [0, 0.1) is 0 Å². The molecule has 2 rings (SSSR count). The number of rotatable bonds is 4. The van der Waals surface area contributed by atoms with Gasteiger partial charge in [0.15, 0.2) is 0 Å². The lowest BCUT2D eigenvalue weighted by Crippen LogP contribution is -2.17. The molecule has 0 amide bonds. The number of anilines is 1. The smallest absolute Gasteiger partial charge is 0.0795 e. The summed E-state index contributed by atoms with van der Waals surface area (Å²) in [6.45, 7) is 2.73. The summed E-state index contributed by atoms with van der Waals surface area (Å²) in [6, 6.07) is 3.99. The highest BCUT2D eigenvalue weighted by molar-refractivity contribution is 7.07. The van der Waals surface area contributed by atoms with E-state index in [1.54, 1.807) is 11.3 Å². The Morgan fingerprint density at radius 1 is 1.41 bits per heavy atom. The van der Waals surface area contributed by atoms with Gasteiger partial charge in [0.25, 0.3) is 0 Å². The Labute approximate surface area is 105 Å². The van der Waals surface area contributed by atoms with E-state index in [0.29, 0.717) is 0 Å². The van der Waals surface area contributed by atoms with Gasteiger partial charge in [0.2, 0.25) is 0 Å². The highest BCUT2D eigenvalue weighted by Gasteiger charge is 2.05. The minimum absolute atomic E-state index is 0.0205. The molecule has 17 heavy (non-hydrogen) atoms. The Kier molecular flexibility index (Phi) is 3.71. The number of hydrogen-bond donors (Lipinski definition) is 1. The first-order valence-corrected chi connectivity index (χ1v) is 6.41. The molecule has 0 bridgehead atoms. The molecule has 0 saturated carbocycles. The van der Waals surface area contributed by atoms with E-state index in [1.165, 1.54) is 0 Å². The molecule has 1 unspecified atom stereocenters. The van der Waals surface area contributed by atoms with Gasteiger partial charge in [-0.15, -0.1) is 11.3 Å². The molecule has 0 spiro atoms. The van der Waals surface area contributed by atoms with Gasteiger partial charge in [0.05, 0.1) is 35.3 Å². The van der Waals surface area contributed by atoms with E-state index in [-0.39, 0.29) is 6.04 Å². The topological polar surface area (TPSA) is 55.0 Å². The zero-order chi connectivity index (χ0) is 12.3. The highest BCUT2D eigenvalue weighted by atomic mass is 32.1. The molecule has 0 fully saturated rings. The molecule has 1 atom stereocenters. The maximum Gasteiger partial charge on any atom is 0.0795 e. The second-order valence-corrected chi connectivity index (χ2v) is 4.78.